The fraction of sp³-hybridized carbons (Fsp3) is 0.148. The number of halogens is 1. The number of hydrogen-bond acceptors (Lipinski definition) is 4. The molecule has 3 amide bonds. The molecule has 194 valence electrons. The van der Waals surface area contributed by atoms with Gasteiger partial charge in [0.1, 0.15) is 0 Å². The van der Waals surface area contributed by atoms with Crippen molar-refractivity contribution >= 4 is 62.8 Å². The van der Waals surface area contributed by atoms with E-state index in [1.807, 2.05) is 12.1 Å². The summed E-state index contributed by atoms with van der Waals surface area (Å²) in [5.74, 6) is -0.175. The predicted molar refractivity (Wildman–Crippen MR) is 149 cm³/mol. The van der Waals surface area contributed by atoms with Crippen molar-refractivity contribution < 1.29 is 18.4 Å². The van der Waals surface area contributed by atoms with Crippen LogP contribution in [0.1, 0.15) is 10.4 Å². The molecule has 0 saturated carbocycles. The molecule has 11 heteroatoms. The number of pyridine rings is 1. The number of benzene rings is 3. The Balaban J connectivity index is 1.26. The number of carbonyl (C=O) groups excluding carboxylic acids is 2. The molecule has 1 saturated heterocycles. The van der Waals surface area contributed by atoms with E-state index in [2.05, 4.69) is 10.3 Å². The van der Waals surface area contributed by atoms with Crippen LogP contribution in [0.3, 0.4) is 0 Å². The lowest BCUT2D eigenvalue weighted by Crippen LogP contribution is -2.51. The molecule has 2 heterocycles. The van der Waals surface area contributed by atoms with Crippen LogP contribution in [0.5, 0.6) is 0 Å². The van der Waals surface area contributed by atoms with Crippen molar-refractivity contribution in [3.63, 3.8) is 0 Å². The van der Waals surface area contributed by atoms with E-state index in [0.717, 1.165) is 5.39 Å². The maximum Gasteiger partial charge on any atom is 0.322 e. The molecule has 0 spiro atoms. The molecule has 2 N–H and O–H groups in total. The second kappa shape index (κ2) is 11.2. The molecule has 3 aromatic carbocycles. The van der Waals surface area contributed by atoms with Gasteiger partial charge in [-0.2, -0.15) is 0 Å². The monoisotopic (exact) mass is 549 g/mol. The number of fused-ring (bicyclic) bond motifs is 1. The maximum absolute atomic E-state index is 13.1. The predicted octanol–water partition coefficient (Wildman–Crippen LogP) is 5.15. The van der Waals surface area contributed by atoms with Gasteiger partial charge in [-0.05, 0) is 48.5 Å². The Hall–Kier alpha value is -3.99. The SMILES string of the molecule is O=C(Nc1ccccc1Cl)N1CCN(C(=O)c2ccc(N(c3cccc4cccnc34)S(=O)O)cc2)CC1. The minimum atomic E-state index is -2.36. The van der Waals surface area contributed by atoms with E-state index in [4.69, 9.17) is 11.6 Å². The second-order valence-corrected chi connectivity index (χ2v) is 9.85. The first kappa shape index (κ1) is 25.7. The van der Waals surface area contributed by atoms with E-state index in [-0.39, 0.29) is 11.9 Å². The van der Waals surface area contributed by atoms with Crippen LogP contribution in [0.15, 0.2) is 85.1 Å². The smallest absolute Gasteiger partial charge is 0.322 e. The zero-order valence-electron chi connectivity index (χ0n) is 20.2. The van der Waals surface area contributed by atoms with Gasteiger partial charge in [0.05, 0.1) is 27.6 Å². The lowest BCUT2D eigenvalue weighted by Gasteiger charge is -2.34. The van der Waals surface area contributed by atoms with Crippen molar-refractivity contribution in [1.82, 2.24) is 14.8 Å². The second-order valence-electron chi connectivity index (χ2n) is 8.61. The van der Waals surface area contributed by atoms with Crippen molar-refractivity contribution in [2.75, 3.05) is 35.8 Å². The first-order valence-corrected chi connectivity index (χ1v) is 13.3. The van der Waals surface area contributed by atoms with Gasteiger partial charge in [-0.1, -0.05) is 41.9 Å². The summed E-state index contributed by atoms with van der Waals surface area (Å²) in [5, 5.41) is 4.10. The standard InChI is InChI=1S/C27H24ClN5O4S/c28-22-7-1-2-8-23(22)30-27(35)32-17-15-31(16-18-32)26(34)20-10-12-21(13-11-20)33(38(36)37)24-9-3-5-19-6-4-14-29-25(19)24/h1-14H,15-18H2,(H,30,35)(H,36,37). The highest BCUT2D eigenvalue weighted by atomic mass is 35.5. The zero-order chi connectivity index (χ0) is 26.6. The van der Waals surface area contributed by atoms with Crippen LogP contribution in [0.4, 0.5) is 21.9 Å². The number of urea groups is 1. The van der Waals surface area contributed by atoms with Crippen molar-refractivity contribution in [1.29, 1.82) is 0 Å². The van der Waals surface area contributed by atoms with Crippen molar-refractivity contribution in [3.8, 4) is 0 Å². The summed E-state index contributed by atoms with van der Waals surface area (Å²) in [6.45, 7) is 1.52. The van der Waals surface area contributed by atoms with E-state index < -0.39 is 11.3 Å². The van der Waals surface area contributed by atoms with Crippen molar-refractivity contribution in [2.24, 2.45) is 0 Å². The molecule has 0 radical (unpaired) electrons. The van der Waals surface area contributed by atoms with Crippen LogP contribution in [0.2, 0.25) is 5.02 Å². The van der Waals surface area contributed by atoms with Gasteiger partial charge in [0, 0.05) is 43.3 Å². The Morgan fingerprint density at radius 3 is 2.29 bits per heavy atom. The molecule has 4 aromatic rings. The number of aromatic nitrogens is 1. The quantitative estimate of drug-likeness (QED) is 0.335. The van der Waals surface area contributed by atoms with Gasteiger partial charge >= 0.3 is 6.03 Å². The fourth-order valence-electron chi connectivity index (χ4n) is 4.36. The lowest BCUT2D eigenvalue weighted by atomic mass is 10.1. The average molecular weight is 550 g/mol. The maximum atomic E-state index is 13.1. The van der Waals surface area contributed by atoms with Crippen LogP contribution in [0.25, 0.3) is 10.9 Å². The minimum absolute atomic E-state index is 0.175. The van der Waals surface area contributed by atoms with Crippen LogP contribution in [0, 0.1) is 0 Å². The molecule has 1 unspecified atom stereocenters. The molecule has 5 rings (SSSR count). The number of nitrogens with zero attached hydrogens (tertiary/aromatic N) is 4. The Labute approximate surface area is 227 Å². The average Bonchev–Trinajstić information content (AvgIpc) is 2.94. The number of anilines is 3. The summed E-state index contributed by atoms with van der Waals surface area (Å²) in [7, 11) is 0. The molecular weight excluding hydrogens is 526 g/mol. The molecule has 1 aliphatic rings. The third-order valence-corrected chi connectivity index (χ3v) is 7.35. The Morgan fingerprint density at radius 1 is 0.895 bits per heavy atom. The molecule has 0 aliphatic carbocycles. The molecule has 1 aromatic heterocycles. The fourth-order valence-corrected chi connectivity index (χ4v) is 5.16. The van der Waals surface area contributed by atoms with Gasteiger partial charge in [-0.3, -0.25) is 14.3 Å². The summed E-state index contributed by atoms with van der Waals surface area (Å²) in [5.41, 5.74) is 2.50. The van der Waals surface area contributed by atoms with Gasteiger partial charge in [-0.25, -0.2) is 13.3 Å². The highest BCUT2D eigenvalue weighted by Crippen LogP contribution is 2.32. The highest BCUT2D eigenvalue weighted by Gasteiger charge is 2.26. The largest absolute Gasteiger partial charge is 0.335 e. The number of amides is 3. The number of hydrogen-bond donors (Lipinski definition) is 2. The molecule has 1 aliphatic heterocycles. The third-order valence-electron chi connectivity index (χ3n) is 6.30. The van der Waals surface area contributed by atoms with E-state index in [1.165, 1.54) is 4.31 Å². The number of nitrogens with one attached hydrogen (secondary N) is 1. The van der Waals surface area contributed by atoms with Crippen LogP contribution >= 0.6 is 11.6 Å². The summed E-state index contributed by atoms with van der Waals surface area (Å²) >= 11 is 3.76. The molecule has 0 bridgehead atoms. The molecular formula is C27H24ClN5O4S. The molecule has 1 fully saturated rings. The third kappa shape index (κ3) is 5.33. The normalized spacial score (nSPS) is 14.3. The topological polar surface area (TPSA) is 106 Å². The van der Waals surface area contributed by atoms with E-state index in [0.29, 0.717) is 59.3 Å². The number of rotatable bonds is 5. The van der Waals surface area contributed by atoms with E-state index >= 15 is 0 Å². The molecule has 9 nitrogen and oxygen atoms in total. The van der Waals surface area contributed by atoms with Crippen LogP contribution < -0.4 is 9.62 Å². The van der Waals surface area contributed by atoms with Gasteiger partial charge in [0.2, 0.25) is 0 Å². The summed E-state index contributed by atoms with van der Waals surface area (Å²) in [6.07, 6.45) is 1.63. The van der Waals surface area contributed by atoms with Gasteiger partial charge in [0.15, 0.2) is 0 Å². The first-order chi connectivity index (χ1) is 18.4. The minimum Gasteiger partial charge on any atom is -0.335 e. The Kier molecular flexibility index (Phi) is 7.54. The number of carbonyl (C=O) groups is 2. The summed E-state index contributed by atoms with van der Waals surface area (Å²) in [4.78, 5) is 33.5. The lowest BCUT2D eigenvalue weighted by molar-refractivity contribution is 0.0671. The van der Waals surface area contributed by atoms with Gasteiger partial charge in [-0.15, -0.1) is 0 Å². The van der Waals surface area contributed by atoms with Crippen LogP contribution in [-0.4, -0.2) is 61.7 Å². The summed E-state index contributed by atoms with van der Waals surface area (Å²) in [6, 6.07) is 22.4. The Bertz CT molecular complexity index is 1500. The first-order valence-electron chi connectivity index (χ1n) is 11.9. The number of para-hydroxylation sites is 2. The Morgan fingerprint density at radius 2 is 1.58 bits per heavy atom. The number of piperazine rings is 1. The molecule has 1 atom stereocenters. The van der Waals surface area contributed by atoms with Gasteiger partial charge < -0.3 is 15.1 Å². The van der Waals surface area contributed by atoms with E-state index in [1.54, 1.807) is 82.7 Å². The molecule has 38 heavy (non-hydrogen) atoms. The highest BCUT2D eigenvalue weighted by molar-refractivity contribution is 7.81. The zero-order valence-corrected chi connectivity index (χ0v) is 21.7. The van der Waals surface area contributed by atoms with Crippen molar-refractivity contribution in [3.05, 3.63) is 95.6 Å². The summed E-state index contributed by atoms with van der Waals surface area (Å²) < 4.78 is 23.7. The van der Waals surface area contributed by atoms with E-state index in [9.17, 15) is 18.4 Å². The van der Waals surface area contributed by atoms with Crippen molar-refractivity contribution in [2.45, 2.75) is 0 Å². The van der Waals surface area contributed by atoms with Crippen LogP contribution in [-0.2, 0) is 11.3 Å². The van der Waals surface area contributed by atoms with Gasteiger partial charge in [0.25, 0.3) is 17.2 Å².